The first kappa shape index (κ1) is 14.9. The van der Waals surface area contributed by atoms with Crippen molar-refractivity contribution in [2.24, 2.45) is 0 Å². The van der Waals surface area contributed by atoms with Gasteiger partial charge in [-0.05, 0) is 18.9 Å². The van der Waals surface area contributed by atoms with Crippen LogP contribution >= 0.6 is 0 Å². The highest BCUT2D eigenvalue weighted by molar-refractivity contribution is 5.90. The molecule has 0 aliphatic carbocycles. The highest BCUT2D eigenvalue weighted by Gasteiger charge is 2.11. The van der Waals surface area contributed by atoms with Crippen LogP contribution in [0.4, 0.5) is 5.95 Å². The van der Waals surface area contributed by atoms with Crippen molar-refractivity contribution in [3.63, 3.8) is 0 Å². The quantitative estimate of drug-likeness (QED) is 0.876. The minimum atomic E-state index is -0.287. The second kappa shape index (κ2) is 6.78. The Bertz CT molecular complexity index is 643. The van der Waals surface area contributed by atoms with Gasteiger partial charge in [0, 0.05) is 5.56 Å². The lowest BCUT2D eigenvalue weighted by Gasteiger charge is -2.07. The third-order valence-corrected chi connectivity index (χ3v) is 3.10. The van der Waals surface area contributed by atoms with Crippen LogP contribution in [0.5, 0.6) is 5.75 Å². The zero-order chi connectivity index (χ0) is 15.2. The summed E-state index contributed by atoms with van der Waals surface area (Å²) in [7, 11) is 0. The third kappa shape index (κ3) is 3.75. The van der Waals surface area contributed by atoms with Gasteiger partial charge in [0.2, 0.25) is 11.9 Å². The van der Waals surface area contributed by atoms with Gasteiger partial charge in [-0.3, -0.25) is 10.1 Å². The minimum absolute atomic E-state index is 0.0625. The van der Waals surface area contributed by atoms with Crippen LogP contribution in [0.3, 0.4) is 0 Å². The molecule has 1 aromatic heterocycles. The second-order valence-electron chi connectivity index (χ2n) is 4.59. The van der Waals surface area contributed by atoms with Gasteiger partial charge < -0.3 is 5.11 Å². The Labute approximate surface area is 123 Å². The van der Waals surface area contributed by atoms with Gasteiger partial charge in [-0.25, -0.2) is 4.98 Å². The molecule has 2 aromatic rings. The molecule has 1 amide bonds. The first-order valence-corrected chi connectivity index (χ1v) is 6.93. The van der Waals surface area contributed by atoms with E-state index in [0.717, 1.165) is 24.2 Å². The van der Waals surface area contributed by atoms with Gasteiger partial charge in [0.1, 0.15) is 5.75 Å². The number of phenols is 1. The summed E-state index contributed by atoms with van der Waals surface area (Å²) in [6.45, 7) is 3.97. The van der Waals surface area contributed by atoms with Crippen molar-refractivity contribution in [2.75, 3.05) is 5.32 Å². The number of hydrogen-bond acceptors (Lipinski definition) is 5. The van der Waals surface area contributed by atoms with Crippen molar-refractivity contribution < 1.29 is 9.90 Å². The second-order valence-corrected chi connectivity index (χ2v) is 4.59. The normalized spacial score (nSPS) is 10.4. The van der Waals surface area contributed by atoms with E-state index in [1.165, 1.54) is 0 Å². The van der Waals surface area contributed by atoms with Gasteiger partial charge in [-0.1, -0.05) is 32.0 Å². The topological polar surface area (TPSA) is 88.0 Å². The van der Waals surface area contributed by atoms with E-state index in [-0.39, 0.29) is 24.0 Å². The highest BCUT2D eigenvalue weighted by Crippen LogP contribution is 2.16. The number of carbonyl (C=O) groups excluding carboxylic acids is 1. The van der Waals surface area contributed by atoms with Crippen molar-refractivity contribution in [1.82, 2.24) is 15.2 Å². The number of para-hydroxylation sites is 1. The Kier molecular flexibility index (Phi) is 4.81. The van der Waals surface area contributed by atoms with Crippen molar-refractivity contribution >= 4 is 11.9 Å². The molecule has 0 spiro atoms. The molecular formula is C15H18N4O2. The van der Waals surface area contributed by atoms with Gasteiger partial charge in [-0.15, -0.1) is 10.2 Å². The fourth-order valence-corrected chi connectivity index (χ4v) is 1.99. The maximum atomic E-state index is 12.0. The summed E-state index contributed by atoms with van der Waals surface area (Å²) in [4.78, 5) is 16.3. The number of nitrogens with one attached hydrogen (secondary N) is 1. The number of phenolic OH excluding ortho intramolecular Hbond substituents is 1. The molecule has 21 heavy (non-hydrogen) atoms. The summed E-state index contributed by atoms with van der Waals surface area (Å²) >= 11 is 0. The van der Waals surface area contributed by atoms with E-state index in [4.69, 9.17) is 0 Å². The molecule has 2 rings (SSSR count). The summed E-state index contributed by atoms with van der Waals surface area (Å²) in [6, 6.07) is 6.73. The van der Waals surface area contributed by atoms with Crippen molar-refractivity contribution in [1.29, 1.82) is 0 Å². The Morgan fingerprint density at radius 2 is 1.86 bits per heavy atom. The maximum absolute atomic E-state index is 12.0. The van der Waals surface area contributed by atoms with Crippen molar-refractivity contribution in [3.05, 3.63) is 41.2 Å². The van der Waals surface area contributed by atoms with E-state index in [1.807, 2.05) is 13.8 Å². The summed E-state index contributed by atoms with van der Waals surface area (Å²) in [5, 5.41) is 20.2. The van der Waals surface area contributed by atoms with Crippen LogP contribution in [-0.4, -0.2) is 26.2 Å². The molecule has 1 aromatic carbocycles. The fourth-order valence-electron chi connectivity index (χ4n) is 1.99. The molecule has 6 nitrogen and oxygen atoms in total. The van der Waals surface area contributed by atoms with Crippen LogP contribution in [0.2, 0.25) is 0 Å². The smallest absolute Gasteiger partial charge is 0.249 e. The monoisotopic (exact) mass is 286 g/mol. The number of anilines is 1. The first-order valence-electron chi connectivity index (χ1n) is 6.93. The van der Waals surface area contributed by atoms with Gasteiger partial charge >= 0.3 is 0 Å². The number of amides is 1. The average Bonchev–Trinajstić information content (AvgIpc) is 2.49. The van der Waals surface area contributed by atoms with Gasteiger partial charge in [0.25, 0.3) is 0 Å². The summed E-state index contributed by atoms with van der Waals surface area (Å²) in [5.41, 5.74) is 2.24. The lowest BCUT2D eigenvalue weighted by atomic mass is 10.1. The van der Waals surface area contributed by atoms with Crippen molar-refractivity contribution in [2.45, 2.75) is 33.1 Å². The Morgan fingerprint density at radius 1 is 1.14 bits per heavy atom. The number of hydrogen-bond donors (Lipinski definition) is 2. The lowest BCUT2D eigenvalue weighted by Crippen LogP contribution is -2.18. The molecule has 0 saturated heterocycles. The molecule has 0 atom stereocenters. The molecule has 0 bridgehead atoms. The van der Waals surface area contributed by atoms with E-state index in [0.29, 0.717) is 5.56 Å². The summed E-state index contributed by atoms with van der Waals surface area (Å²) in [6.07, 6.45) is 1.56. The van der Waals surface area contributed by atoms with Crippen LogP contribution in [-0.2, 0) is 24.1 Å². The van der Waals surface area contributed by atoms with Crippen LogP contribution in [0, 0.1) is 0 Å². The number of aromatic hydroxyl groups is 1. The largest absolute Gasteiger partial charge is 0.508 e. The molecule has 2 N–H and O–H groups in total. The zero-order valence-corrected chi connectivity index (χ0v) is 12.1. The van der Waals surface area contributed by atoms with Crippen LogP contribution in [0.25, 0.3) is 0 Å². The number of rotatable bonds is 5. The predicted octanol–water partition coefficient (Wildman–Crippen LogP) is 1.88. The Balaban J connectivity index is 2.08. The number of carbonyl (C=O) groups is 1. The molecule has 0 aliphatic rings. The standard InChI is InChI=1S/C15H18N4O2/c1-3-11-12(4-2)18-19-15(16-11)17-14(21)9-10-7-5-6-8-13(10)20/h5-8,20H,3-4,9H2,1-2H3,(H,16,17,19,21). The lowest BCUT2D eigenvalue weighted by molar-refractivity contribution is -0.115. The van der Waals surface area contributed by atoms with E-state index in [9.17, 15) is 9.90 Å². The van der Waals surface area contributed by atoms with E-state index in [1.54, 1.807) is 24.3 Å². The molecule has 110 valence electrons. The van der Waals surface area contributed by atoms with Crippen LogP contribution < -0.4 is 5.32 Å². The Hall–Kier alpha value is -2.50. The molecule has 0 unspecified atom stereocenters. The molecule has 0 saturated carbocycles. The molecular weight excluding hydrogens is 268 g/mol. The number of aromatic nitrogens is 3. The zero-order valence-electron chi connectivity index (χ0n) is 12.1. The van der Waals surface area contributed by atoms with Gasteiger partial charge in [0.05, 0.1) is 17.8 Å². The summed E-state index contributed by atoms with van der Waals surface area (Å²) in [5.74, 6) is 0.0105. The number of aryl methyl sites for hydroxylation is 2. The predicted molar refractivity (Wildman–Crippen MR) is 79.0 cm³/mol. The van der Waals surface area contributed by atoms with Crippen molar-refractivity contribution in [3.8, 4) is 5.75 Å². The SMILES string of the molecule is CCc1nnc(NC(=O)Cc2ccccc2O)nc1CC. The van der Waals surface area contributed by atoms with E-state index >= 15 is 0 Å². The molecule has 1 heterocycles. The number of benzene rings is 1. The number of nitrogens with zero attached hydrogens (tertiary/aromatic N) is 3. The minimum Gasteiger partial charge on any atom is -0.508 e. The van der Waals surface area contributed by atoms with Crippen LogP contribution in [0.1, 0.15) is 30.8 Å². The van der Waals surface area contributed by atoms with E-state index < -0.39 is 0 Å². The van der Waals surface area contributed by atoms with E-state index in [2.05, 4.69) is 20.5 Å². The Morgan fingerprint density at radius 3 is 2.52 bits per heavy atom. The molecule has 0 aliphatic heterocycles. The average molecular weight is 286 g/mol. The van der Waals surface area contributed by atoms with Gasteiger partial charge in [0.15, 0.2) is 0 Å². The third-order valence-electron chi connectivity index (χ3n) is 3.10. The summed E-state index contributed by atoms with van der Waals surface area (Å²) < 4.78 is 0. The molecule has 0 fully saturated rings. The van der Waals surface area contributed by atoms with Gasteiger partial charge in [-0.2, -0.15) is 0 Å². The highest BCUT2D eigenvalue weighted by atomic mass is 16.3. The molecule has 6 heteroatoms. The maximum Gasteiger partial charge on any atom is 0.249 e. The first-order chi connectivity index (χ1) is 10.1. The van der Waals surface area contributed by atoms with Crippen LogP contribution in [0.15, 0.2) is 24.3 Å². The molecule has 0 radical (unpaired) electrons. The fraction of sp³-hybridized carbons (Fsp3) is 0.333.